The fraction of sp³-hybridized carbons (Fsp3) is 0.136. The van der Waals surface area contributed by atoms with Gasteiger partial charge in [-0.3, -0.25) is 4.79 Å². The number of carbonyl (C=O) groups is 2. The summed E-state index contributed by atoms with van der Waals surface area (Å²) in [7, 11) is 0. The van der Waals surface area contributed by atoms with Gasteiger partial charge in [0.1, 0.15) is 16.4 Å². The van der Waals surface area contributed by atoms with Crippen molar-refractivity contribution in [2.45, 2.75) is 13.8 Å². The zero-order valence-corrected chi connectivity index (χ0v) is 16.3. The number of ether oxygens (including phenoxy) is 1. The molecule has 0 atom stereocenters. The van der Waals surface area contributed by atoms with Crippen LogP contribution in [0.25, 0.3) is 6.08 Å². The Labute approximate surface area is 167 Å². The van der Waals surface area contributed by atoms with Crippen LogP contribution in [0.2, 0.25) is 0 Å². The van der Waals surface area contributed by atoms with E-state index in [1.165, 1.54) is 0 Å². The van der Waals surface area contributed by atoms with Gasteiger partial charge in [-0.15, -0.1) is 0 Å². The molecular weight excluding hydrogens is 374 g/mol. The lowest BCUT2D eigenvalue weighted by Crippen LogP contribution is -2.14. The molecule has 0 unspecified atom stereocenters. The first-order chi connectivity index (χ1) is 13.5. The predicted octanol–water partition coefficient (Wildman–Crippen LogP) is 4.70. The van der Waals surface area contributed by atoms with Crippen molar-refractivity contribution in [1.82, 2.24) is 0 Å². The number of aliphatic hydroxyl groups is 1. The molecule has 2 aromatic carbocycles. The largest absolute Gasteiger partial charge is 0.506 e. The van der Waals surface area contributed by atoms with E-state index in [9.17, 15) is 14.7 Å². The quantitative estimate of drug-likeness (QED) is 0.762. The standard InChI is InChI=1S/C22H19NO4S/c1-3-27-22(26)18-19(24)17(13-15-10-5-4-6-11-15)28-21(18)23-20(25)16-12-8-7-9-14(16)2/h4-13,24H,3H2,1-2H3/b17-13-,23-21?. The molecule has 1 N–H and O–H groups in total. The minimum absolute atomic E-state index is 0.0871. The molecule has 0 aromatic heterocycles. The maximum atomic E-state index is 12.6. The number of amides is 1. The van der Waals surface area contributed by atoms with Crippen LogP contribution < -0.4 is 0 Å². The number of benzene rings is 2. The summed E-state index contributed by atoms with van der Waals surface area (Å²) in [6.45, 7) is 3.64. The van der Waals surface area contributed by atoms with Crippen molar-refractivity contribution in [3.05, 3.63) is 87.5 Å². The van der Waals surface area contributed by atoms with E-state index >= 15 is 0 Å². The van der Waals surface area contributed by atoms with Crippen LogP contribution in [-0.2, 0) is 9.53 Å². The van der Waals surface area contributed by atoms with E-state index in [4.69, 9.17) is 4.74 Å². The lowest BCUT2D eigenvalue weighted by Gasteiger charge is -2.04. The van der Waals surface area contributed by atoms with Crippen molar-refractivity contribution in [3.63, 3.8) is 0 Å². The molecule has 0 bridgehead atoms. The van der Waals surface area contributed by atoms with Gasteiger partial charge in [0, 0.05) is 5.56 Å². The summed E-state index contributed by atoms with van der Waals surface area (Å²) in [5.41, 5.74) is 1.99. The Morgan fingerprint density at radius 3 is 2.46 bits per heavy atom. The minimum Gasteiger partial charge on any atom is -0.506 e. The highest BCUT2D eigenvalue weighted by atomic mass is 32.2. The number of thioether (sulfide) groups is 1. The van der Waals surface area contributed by atoms with Crippen LogP contribution in [-0.4, -0.2) is 28.6 Å². The molecule has 0 fully saturated rings. The molecule has 1 amide bonds. The highest BCUT2D eigenvalue weighted by Gasteiger charge is 2.34. The van der Waals surface area contributed by atoms with Crippen molar-refractivity contribution in [2.24, 2.45) is 4.99 Å². The number of hydrogen-bond donors (Lipinski definition) is 1. The van der Waals surface area contributed by atoms with Gasteiger partial charge in [-0.1, -0.05) is 60.3 Å². The zero-order chi connectivity index (χ0) is 20.1. The average Bonchev–Trinajstić information content (AvgIpc) is 2.98. The summed E-state index contributed by atoms with van der Waals surface area (Å²) >= 11 is 1.07. The Hall–Kier alpha value is -3.12. The minimum atomic E-state index is -0.708. The van der Waals surface area contributed by atoms with Gasteiger partial charge in [-0.2, -0.15) is 0 Å². The maximum Gasteiger partial charge on any atom is 0.344 e. The molecule has 5 nitrogen and oxygen atoms in total. The number of aliphatic imine (C=N–C) groups is 1. The van der Waals surface area contributed by atoms with Gasteiger partial charge in [0.25, 0.3) is 5.91 Å². The Kier molecular flexibility index (Phi) is 6.11. The molecule has 1 aliphatic rings. The summed E-state index contributed by atoms with van der Waals surface area (Å²) in [6, 6.07) is 16.5. The van der Waals surface area contributed by atoms with E-state index in [1.54, 1.807) is 25.1 Å². The van der Waals surface area contributed by atoms with Crippen molar-refractivity contribution >= 4 is 34.8 Å². The van der Waals surface area contributed by atoms with E-state index in [-0.39, 0.29) is 23.0 Å². The first kappa shape index (κ1) is 19.6. The maximum absolute atomic E-state index is 12.6. The Morgan fingerprint density at radius 1 is 1.11 bits per heavy atom. The van der Waals surface area contributed by atoms with Gasteiger partial charge in [0.05, 0.1) is 11.5 Å². The molecular formula is C22H19NO4S. The normalized spacial score (nSPS) is 16.6. The number of rotatable bonds is 4. The second-order valence-electron chi connectivity index (χ2n) is 6.00. The third-order valence-electron chi connectivity index (χ3n) is 4.05. The summed E-state index contributed by atoms with van der Waals surface area (Å²) < 4.78 is 5.05. The summed E-state index contributed by atoms with van der Waals surface area (Å²) in [6.07, 6.45) is 1.74. The van der Waals surface area contributed by atoms with Crippen LogP contribution in [0.15, 0.2) is 75.8 Å². The van der Waals surface area contributed by atoms with Crippen LogP contribution in [0.4, 0.5) is 0 Å². The number of nitrogens with zero attached hydrogens (tertiary/aromatic N) is 1. The number of hydrogen-bond acceptors (Lipinski definition) is 5. The van der Waals surface area contributed by atoms with Crippen LogP contribution in [0.3, 0.4) is 0 Å². The SMILES string of the molecule is CCOC(=O)C1=C(O)/C(=C/c2ccccc2)SC1=NC(=O)c1ccccc1C. The van der Waals surface area contributed by atoms with Gasteiger partial charge in [-0.25, -0.2) is 9.79 Å². The number of aryl methyl sites for hydroxylation is 1. The van der Waals surface area contributed by atoms with E-state index in [0.29, 0.717) is 10.5 Å². The van der Waals surface area contributed by atoms with Gasteiger partial charge >= 0.3 is 5.97 Å². The molecule has 0 saturated heterocycles. The van der Waals surface area contributed by atoms with Crippen molar-refractivity contribution in [1.29, 1.82) is 0 Å². The highest BCUT2D eigenvalue weighted by Crippen LogP contribution is 2.39. The van der Waals surface area contributed by atoms with E-state index in [1.807, 2.05) is 49.4 Å². The molecule has 0 aliphatic carbocycles. The predicted molar refractivity (Wildman–Crippen MR) is 111 cm³/mol. The molecule has 142 valence electrons. The smallest absolute Gasteiger partial charge is 0.344 e. The second kappa shape index (κ2) is 8.71. The lowest BCUT2D eigenvalue weighted by molar-refractivity contribution is -0.138. The molecule has 0 saturated carbocycles. The van der Waals surface area contributed by atoms with Crippen molar-refractivity contribution < 1.29 is 19.4 Å². The first-order valence-electron chi connectivity index (χ1n) is 8.75. The van der Waals surface area contributed by atoms with Crippen molar-refractivity contribution in [3.8, 4) is 0 Å². The Bertz CT molecular complexity index is 1010. The molecule has 6 heteroatoms. The Morgan fingerprint density at radius 2 is 1.79 bits per heavy atom. The fourth-order valence-corrected chi connectivity index (χ4v) is 3.67. The number of esters is 1. The second-order valence-corrected chi connectivity index (χ2v) is 7.03. The topological polar surface area (TPSA) is 76.0 Å². The van der Waals surface area contributed by atoms with Gasteiger partial charge in [0.2, 0.25) is 0 Å². The van der Waals surface area contributed by atoms with Gasteiger partial charge in [-0.05, 0) is 37.1 Å². The summed E-state index contributed by atoms with van der Waals surface area (Å²) in [5, 5.41) is 10.7. The molecule has 1 heterocycles. The number of aliphatic hydroxyl groups excluding tert-OH is 1. The molecule has 1 aliphatic heterocycles. The van der Waals surface area contributed by atoms with Crippen LogP contribution in [0.5, 0.6) is 0 Å². The van der Waals surface area contributed by atoms with E-state index < -0.39 is 11.9 Å². The molecule has 0 spiro atoms. The monoisotopic (exact) mass is 393 g/mol. The van der Waals surface area contributed by atoms with Crippen molar-refractivity contribution in [2.75, 3.05) is 6.61 Å². The third-order valence-corrected chi connectivity index (χ3v) is 5.07. The van der Waals surface area contributed by atoms with Crippen LogP contribution >= 0.6 is 11.8 Å². The molecule has 2 aromatic rings. The van der Waals surface area contributed by atoms with E-state index in [0.717, 1.165) is 22.9 Å². The summed E-state index contributed by atoms with van der Waals surface area (Å²) in [5.74, 6) is -1.42. The van der Waals surface area contributed by atoms with Crippen LogP contribution in [0.1, 0.15) is 28.4 Å². The average molecular weight is 393 g/mol. The molecule has 0 radical (unpaired) electrons. The first-order valence-corrected chi connectivity index (χ1v) is 9.57. The zero-order valence-electron chi connectivity index (χ0n) is 15.5. The Balaban J connectivity index is 2.02. The molecule has 3 rings (SSSR count). The molecule has 28 heavy (non-hydrogen) atoms. The highest BCUT2D eigenvalue weighted by molar-refractivity contribution is 8.18. The lowest BCUT2D eigenvalue weighted by atomic mass is 10.1. The van der Waals surface area contributed by atoms with Crippen LogP contribution in [0, 0.1) is 6.92 Å². The van der Waals surface area contributed by atoms with Gasteiger partial charge in [0.15, 0.2) is 0 Å². The van der Waals surface area contributed by atoms with Gasteiger partial charge < -0.3 is 9.84 Å². The summed E-state index contributed by atoms with van der Waals surface area (Å²) in [4.78, 5) is 29.6. The number of carbonyl (C=O) groups excluding carboxylic acids is 2. The third kappa shape index (κ3) is 4.23. The van der Waals surface area contributed by atoms with E-state index in [2.05, 4.69) is 4.99 Å². The fourth-order valence-electron chi connectivity index (χ4n) is 2.66.